The number of hydrogen-bond donors (Lipinski definition) is 3. The van der Waals surface area contributed by atoms with Crippen molar-refractivity contribution in [3.8, 4) is 0 Å². The summed E-state index contributed by atoms with van der Waals surface area (Å²) in [6.45, 7) is 10.3. The summed E-state index contributed by atoms with van der Waals surface area (Å²) in [5, 5.41) is 18.4. The lowest BCUT2D eigenvalue weighted by atomic mass is 9.96. The highest BCUT2D eigenvalue weighted by molar-refractivity contribution is 5.95. The molecule has 1 atom stereocenters. The highest BCUT2D eigenvalue weighted by Gasteiger charge is 2.33. The Balaban J connectivity index is 2.92. The Morgan fingerprint density at radius 2 is 1.96 bits per heavy atom. The van der Waals surface area contributed by atoms with Crippen molar-refractivity contribution >= 4 is 12.0 Å². The van der Waals surface area contributed by atoms with Crippen molar-refractivity contribution < 1.29 is 24.0 Å². The molecule has 1 aromatic rings. The molecule has 0 bridgehead atoms. The van der Waals surface area contributed by atoms with Crippen LogP contribution in [0.1, 0.15) is 64.0 Å². The van der Waals surface area contributed by atoms with E-state index in [1.165, 1.54) is 6.26 Å². The van der Waals surface area contributed by atoms with Gasteiger partial charge in [-0.2, -0.15) is 0 Å². The van der Waals surface area contributed by atoms with E-state index in [2.05, 4.69) is 15.8 Å². The maximum atomic E-state index is 12.3. The molecule has 0 unspecified atom stereocenters. The number of alkyl carbamates (subject to hydrolysis) is 1. The number of hydrogen-bond acceptors (Lipinski definition) is 6. The van der Waals surface area contributed by atoms with Crippen molar-refractivity contribution in [1.82, 2.24) is 15.8 Å². The van der Waals surface area contributed by atoms with Crippen LogP contribution in [0.15, 0.2) is 10.8 Å². The zero-order chi connectivity index (χ0) is 18.5. The van der Waals surface area contributed by atoms with Gasteiger partial charge in [-0.05, 0) is 41.0 Å². The lowest BCUT2D eigenvalue weighted by Crippen LogP contribution is -2.45. The molecule has 0 aliphatic carbocycles. The smallest absolute Gasteiger partial charge is 0.408 e. The summed E-state index contributed by atoms with van der Waals surface area (Å²) in [5.74, 6) is -0.425. The molecule has 1 aromatic heterocycles. The Bertz CT molecular complexity index is 571. The predicted octanol–water partition coefficient (Wildman–Crippen LogP) is 1.94. The van der Waals surface area contributed by atoms with Crippen molar-refractivity contribution in [3.05, 3.63) is 17.5 Å². The molecule has 0 aromatic carbocycles. The summed E-state index contributed by atoms with van der Waals surface area (Å²) in [7, 11) is 0. The maximum absolute atomic E-state index is 12.3. The van der Waals surface area contributed by atoms with Gasteiger partial charge in [-0.15, -0.1) is 0 Å². The molecule has 0 spiro atoms. The molecule has 24 heavy (non-hydrogen) atoms. The fourth-order valence-corrected chi connectivity index (χ4v) is 2.01. The number of nitrogens with one attached hydrogen (secondary N) is 2. The van der Waals surface area contributed by atoms with Gasteiger partial charge in [-0.1, -0.05) is 12.1 Å². The number of aromatic nitrogens is 1. The first kappa shape index (κ1) is 20.0. The second-order valence-electron chi connectivity index (χ2n) is 7.09. The molecule has 8 nitrogen and oxygen atoms in total. The number of rotatable bonds is 6. The summed E-state index contributed by atoms with van der Waals surface area (Å²) >= 11 is 0. The van der Waals surface area contributed by atoms with Gasteiger partial charge in [0.2, 0.25) is 0 Å². The number of amides is 2. The van der Waals surface area contributed by atoms with Crippen LogP contribution in [0.25, 0.3) is 0 Å². The summed E-state index contributed by atoms with van der Waals surface area (Å²) < 4.78 is 10.1. The minimum absolute atomic E-state index is 0.164. The van der Waals surface area contributed by atoms with E-state index in [4.69, 9.17) is 9.26 Å². The van der Waals surface area contributed by atoms with Crippen LogP contribution < -0.4 is 10.6 Å². The van der Waals surface area contributed by atoms with Crippen molar-refractivity contribution in [2.75, 3.05) is 6.61 Å². The third kappa shape index (κ3) is 5.52. The van der Waals surface area contributed by atoms with Crippen LogP contribution in [0.3, 0.4) is 0 Å². The van der Waals surface area contributed by atoms with Gasteiger partial charge in [0.25, 0.3) is 5.91 Å². The van der Waals surface area contributed by atoms with Gasteiger partial charge in [0, 0.05) is 0 Å². The van der Waals surface area contributed by atoms with Crippen LogP contribution in [0, 0.1) is 0 Å². The third-order valence-corrected chi connectivity index (χ3v) is 3.27. The first-order chi connectivity index (χ1) is 11.0. The standard InChI is InChI=1S/C16H27N3O5/c1-7-10(8-20)17-13(21)11-9-23-19-12(11)16(5,6)18-14(22)24-15(2,3)4/h9-10,20H,7-8H2,1-6H3,(H,17,21)(H,18,22)/t10-/m0/s1. The molecule has 2 amide bonds. The normalized spacial score (nSPS) is 13.3. The van der Waals surface area contributed by atoms with E-state index in [0.717, 1.165) is 0 Å². The molecule has 1 heterocycles. The highest BCUT2D eigenvalue weighted by atomic mass is 16.6. The van der Waals surface area contributed by atoms with Gasteiger partial charge in [0.15, 0.2) is 0 Å². The van der Waals surface area contributed by atoms with E-state index >= 15 is 0 Å². The summed E-state index contributed by atoms with van der Waals surface area (Å²) in [6, 6.07) is -0.359. The second-order valence-corrected chi connectivity index (χ2v) is 7.09. The number of aliphatic hydroxyl groups is 1. The average molecular weight is 341 g/mol. The molecule has 0 radical (unpaired) electrons. The summed E-state index contributed by atoms with van der Waals surface area (Å²) in [4.78, 5) is 24.3. The molecule has 1 rings (SSSR count). The van der Waals surface area contributed by atoms with E-state index in [-0.39, 0.29) is 23.9 Å². The third-order valence-electron chi connectivity index (χ3n) is 3.27. The first-order valence-electron chi connectivity index (χ1n) is 7.88. The molecular formula is C16H27N3O5. The van der Waals surface area contributed by atoms with Gasteiger partial charge in [-0.25, -0.2) is 4.79 Å². The maximum Gasteiger partial charge on any atom is 0.408 e. The van der Waals surface area contributed by atoms with Crippen molar-refractivity contribution in [2.24, 2.45) is 0 Å². The lowest BCUT2D eigenvalue weighted by molar-refractivity contribution is 0.0465. The molecule has 0 saturated heterocycles. The number of ether oxygens (including phenoxy) is 1. The lowest BCUT2D eigenvalue weighted by Gasteiger charge is -2.27. The Hall–Kier alpha value is -2.09. The van der Waals surface area contributed by atoms with Gasteiger partial charge in [0.05, 0.1) is 18.2 Å². The molecule has 0 aliphatic rings. The highest BCUT2D eigenvalue weighted by Crippen LogP contribution is 2.23. The van der Waals surface area contributed by atoms with Gasteiger partial charge < -0.3 is 25.0 Å². The molecule has 0 saturated carbocycles. The number of aliphatic hydroxyl groups excluding tert-OH is 1. The van der Waals surface area contributed by atoms with Crippen LogP contribution >= 0.6 is 0 Å². The SMILES string of the molecule is CC[C@@H](CO)NC(=O)c1conc1C(C)(C)NC(=O)OC(C)(C)C. The van der Waals surface area contributed by atoms with E-state index in [0.29, 0.717) is 6.42 Å². The summed E-state index contributed by atoms with van der Waals surface area (Å²) in [6.07, 6.45) is 1.18. The molecule has 0 fully saturated rings. The Kier molecular flexibility index (Phi) is 6.36. The van der Waals surface area contributed by atoms with Crippen LogP contribution in [0.5, 0.6) is 0 Å². The number of carbonyl (C=O) groups excluding carboxylic acids is 2. The molecule has 0 aliphatic heterocycles. The Morgan fingerprint density at radius 1 is 1.33 bits per heavy atom. The van der Waals surface area contributed by atoms with Crippen molar-refractivity contribution in [1.29, 1.82) is 0 Å². The molecule has 136 valence electrons. The van der Waals surface area contributed by atoms with E-state index in [1.807, 2.05) is 6.92 Å². The molecular weight excluding hydrogens is 314 g/mol. The van der Waals surface area contributed by atoms with Gasteiger partial charge in [-0.3, -0.25) is 4.79 Å². The van der Waals surface area contributed by atoms with E-state index in [9.17, 15) is 14.7 Å². The quantitative estimate of drug-likeness (QED) is 0.728. The Morgan fingerprint density at radius 3 is 2.46 bits per heavy atom. The fraction of sp³-hybridized carbons (Fsp3) is 0.688. The average Bonchev–Trinajstić information content (AvgIpc) is 2.92. The zero-order valence-electron chi connectivity index (χ0n) is 15.1. The van der Waals surface area contributed by atoms with E-state index < -0.39 is 23.1 Å². The second kappa shape index (κ2) is 7.65. The van der Waals surface area contributed by atoms with Crippen LogP contribution in [0.2, 0.25) is 0 Å². The van der Waals surface area contributed by atoms with Gasteiger partial charge in [0.1, 0.15) is 23.1 Å². The molecule has 8 heteroatoms. The van der Waals surface area contributed by atoms with Crippen LogP contribution in [-0.2, 0) is 10.3 Å². The zero-order valence-corrected chi connectivity index (χ0v) is 15.1. The predicted molar refractivity (Wildman–Crippen MR) is 87.5 cm³/mol. The molecule has 3 N–H and O–H groups in total. The monoisotopic (exact) mass is 341 g/mol. The van der Waals surface area contributed by atoms with Crippen molar-refractivity contribution in [3.63, 3.8) is 0 Å². The summed E-state index contributed by atoms with van der Waals surface area (Å²) in [5.41, 5.74) is -1.15. The number of carbonyl (C=O) groups is 2. The van der Waals surface area contributed by atoms with Crippen LogP contribution in [0.4, 0.5) is 4.79 Å². The van der Waals surface area contributed by atoms with Crippen molar-refractivity contribution in [2.45, 2.75) is 65.1 Å². The number of nitrogens with zero attached hydrogens (tertiary/aromatic N) is 1. The fourth-order valence-electron chi connectivity index (χ4n) is 2.01. The largest absolute Gasteiger partial charge is 0.444 e. The minimum Gasteiger partial charge on any atom is -0.444 e. The first-order valence-corrected chi connectivity index (χ1v) is 7.88. The van der Waals surface area contributed by atoms with Gasteiger partial charge >= 0.3 is 6.09 Å². The Labute approximate surface area is 141 Å². The van der Waals surface area contributed by atoms with E-state index in [1.54, 1.807) is 34.6 Å². The van der Waals surface area contributed by atoms with Crippen LogP contribution in [-0.4, -0.2) is 40.5 Å². The topological polar surface area (TPSA) is 114 Å². The minimum atomic E-state index is -0.983.